The van der Waals surface area contributed by atoms with E-state index < -0.39 is 6.04 Å². The number of fused-ring (bicyclic) bond motifs is 3. The zero-order chi connectivity index (χ0) is 21.5. The predicted molar refractivity (Wildman–Crippen MR) is 119 cm³/mol. The molecule has 0 radical (unpaired) electrons. The average Bonchev–Trinajstić information content (AvgIpc) is 3.35. The van der Waals surface area contributed by atoms with Crippen molar-refractivity contribution in [3.63, 3.8) is 0 Å². The van der Waals surface area contributed by atoms with Crippen molar-refractivity contribution in [2.24, 2.45) is 5.92 Å². The fourth-order valence-electron chi connectivity index (χ4n) is 4.83. The topological polar surface area (TPSA) is 54.3 Å². The molecule has 1 aliphatic heterocycles. The molecule has 2 aromatic heterocycles. The van der Waals surface area contributed by atoms with Crippen LogP contribution in [0.2, 0.25) is 0 Å². The van der Waals surface area contributed by atoms with E-state index in [1.54, 1.807) is 29.5 Å². The van der Waals surface area contributed by atoms with Crippen LogP contribution in [-0.4, -0.2) is 33.4 Å². The van der Waals surface area contributed by atoms with Gasteiger partial charge in [0.25, 0.3) is 5.91 Å². The summed E-state index contributed by atoms with van der Waals surface area (Å²) < 4.78 is 17.3. The maximum Gasteiger partial charge on any atom is 0.271 e. The monoisotopic (exact) mass is 439 g/mol. The second kappa shape index (κ2) is 8.11. The van der Waals surface area contributed by atoms with Crippen LogP contribution in [0.5, 0.6) is 0 Å². The first-order valence-corrected chi connectivity index (χ1v) is 11.8. The van der Waals surface area contributed by atoms with Crippen LogP contribution in [0.25, 0.3) is 10.2 Å². The summed E-state index contributed by atoms with van der Waals surface area (Å²) in [4.78, 5) is 28.4. The number of thiophene rings is 1. The molecule has 3 heterocycles. The van der Waals surface area contributed by atoms with Gasteiger partial charge < -0.3 is 14.8 Å². The third-order valence-electron chi connectivity index (χ3n) is 6.70. The van der Waals surface area contributed by atoms with Gasteiger partial charge in [-0.05, 0) is 55.2 Å². The molecule has 2 aliphatic rings. The van der Waals surface area contributed by atoms with Crippen molar-refractivity contribution in [1.29, 1.82) is 0 Å². The van der Waals surface area contributed by atoms with Crippen molar-refractivity contribution in [2.75, 3.05) is 0 Å². The van der Waals surface area contributed by atoms with Gasteiger partial charge in [0.15, 0.2) is 0 Å². The Bertz CT molecular complexity index is 1130. The fourth-order valence-corrected chi connectivity index (χ4v) is 5.65. The van der Waals surface area contributed by atoms with Gasteiger partial charge in [0, 0.05) is 18.2 Å². The molecule has 5 nitrogen and oxygen atoms in total. The van der Waals surface area contributed by atoms with Gasteiger partial charge in [-0.3, -0.25) is 9.59 Å². The molecular weight excluding hydrogens is 413 g/mol. The molecule has 0 saturated heterocycles. The van der Waals surface area contributed by atoms with E-state index in [-0.39, 0.29) is 30.2 Å². The molecule has 1 aromatic carbocycles. The third-order valence-corrected chi connectivity index (χ3v) is 7.55. The minimum atomic E-state index is -0.672. The molecule has 0 bridgehead atoms. The van der Waals surface area contributed by atoms with Crippen LogP contribution in [0.3, 0.4) is 0 Å². The molecule has 1 unspecified atom stereocenters. The number of hydrogen-bond acceptors (Lipinski definition) is 3. The summed E-state index contributed by atoms with van der Waals surface area (Å²) in [5.74, 6) is -0.0452. The number of rotatable bonds is 4. The van der Waals surface area contributed by atoms with E-state index in [9.17, 15) is 14.0 Å². The quantitative estimate of drug-likeness (QED) is 0.648. The van der Waals surface area contributed by atoms with Gasteiger partial charge in [-0.25, -0.2) is 4.39 Å². The van der Waals surface area contributed by atoms with Crippen LogP contribution in [0.1, 0.15) is 48.7 Å². The van der Waals surface area contributed by atoms with Crippen LogP contribution < -0.4 is 5.32 Å². The summed E-state index contributed by atoms with van der Waals surface area (Å²) >= 11 is 1.58. The van der Waals surface area contributed by atoms with Crippen molar-refractivity contribution >= 4 is 33.4 Å². The Hall–Kier alpha value is -2.67. The number of amides is 2. The van der Waals surface area contributed by atoms with E-state index in [4.69, 9.17) is 0 Å². The molecule has 0 spiro atoms. The molecule has 3 aromatic rings. The highest BCUT2D eigenvalue weighted by atomic mass is 32.1. The second-order valence-corrected chi connectivity index (χ2v) is 9.76. The zero-order valence-corrected chi connectivity index (χ0v) is 18.3. The largest absolute Gasteiger partial charge is 0.352 e. The lowest BCUT2D eigenvalue weighted by molar-refractivity contribution is -0.127. The van der Waals surface area contributed by atoms with E-state index >= 15 is 0 Å². The molecule has 1 saturated carbocycles. The highest BCUT2D eigenvalue weighted by Gasteiger charge is 2.39. The Morgan fingerprint density at radius 3 is 2.74 bits per heavy atom. The molecule has 1 atom stereocenters. The highest BCUT2D eigenvalue weighted by molar-refractivity contribution is 7.17. The predicted octanol–water partition coefficient (Wildman–Crippen LogP) is 4.56. The van der Waals surface area contributed by atoms with Gasteiger partial charge in [0.2, 0.25) is 5.91 Å². The summed E-state index contributed by atoms with van der Waals surface area (Å²) in [6.45, 7) is 2.70. The van der Waals surface area contributed by atoms with E-state index in [1.165, 1.54) is 11.0 Å². The summed E-state index contributed by atoms with van der Waals surface area (Å²) in [7, 11) is 0. The minimum absolute atomic E-state index is 0.0735. The molecule has 1 N–H and O–H groups in total. The van der Waals surface area contributed by atoms with Gasteiger partial charge in [-0.2, -0.15) is 0 Å². The number of carbonyl (C=O) groups is 2. The Morgan fingerprint density at radius 2 is 1.97 bits per heavy atom. The second-order valence-electron chi connectivity index (χ2n) is 8.82. The van der Waals surface area contributed by atoms with Gasteiger partial charge in [-0.1, -0.05) is 25.1 Å². The Labute approximate surface area is 184 Å². The van der Waals surface area contributed by atoms with Crippen LogP contribution in [0, 0.1) is 11.7 Å². The molecule has 2 amide bonds. The maximum absolute atomic E-state index is 14.4. The van der Waals surface area contributed by atoms with Crippen molar-refractivity contribution in [2.45, 2.75) is 57.8 Å². The van der Waals surface area contributed by atoms with Crippen LogP contribution in [-0.2, 0) is 17.9 Å². The summed E-state index contributed by atoms with van der Waals surface area (Å²) in [6, 6.07) is 9.78. The molecule has 7 heteroatoms. The van der Waals surface area contributed by atoms with E-state index in [0.29, 0.717) is 23.7 Å². The van der Waals surface area contributed by atoms with E-state index in [2.05, 4.69) is 12.2 Å². The number of benzene rings is 1. The Morgan fingerprint density at radius 1 is 1.19 bits per heavy atom. The highest BCUT2D eigenvalue weighted by Crippen LogP contribution is 2.31. The van der Waals surface area contributed by atoms with Crippen molar-refractivity contribution < 1.29 is 14.0 Å². The molecule has 1 aliphatic carbocycles. The first-order chi connectivity index (χ1) is 15.0. The molecule has 31 heavy (non-hydrogen) atoms. The van der Waals surface area contributed by atoms with Gasteiger partial charge >= 0.3 is 0 Å². The maximum atomic E-state index is 14.4. The Kier molecular flexibility index (Phi) is 5.30. The number of halogens is 1. The Balaban J connectivity index is 1.46. The third kappa shape index (κ3) is 3.76. The van der Waals surface area contributed by atoms with E-state index in [1.807, 2.05) is 22.1 Å². The van der Waals surface area contributed by atoms with Gasteiger partial charge in [-0.15, -0.1) is 11.3 Å². The molecule has 162 valence electrons. The molecular formula is C24H26FN3O2S. The van der Waals surface area contributed by atoms with E-state index in [0.717, 1.165) is 35.9 Å². The summed E-state index contributed by atoms with van der Waals surface area (Å²) in [5, 5.41) is 5.18. The summed E-state index contributed by atoms with van der Waals surface area (Å²) in [6.07, 6.45) is 4.13. The van der Waals surface area contributed by atoms with Crippen LogP contribution in [0.15, 0.2) is 41.8 Å². The molecule has 1 fully saturated rings. The molecule has 5 rings (SSSR count). The lowest BCUT2D eigenvalue weighted by atomic mass is 9.87. The van der Waals surface area contributed by atoms with Gasteiger partial charge in [0.05, 0.1) is 16.8 Å². The standard InChI is InChI=1S/C24H26FN3O2S/c1-15-6-8-17(9-7-15)26-23(29)21-14-27-19-10-11-31-22(19)12-20(27)24(30)28(21)13-16-4-2-3-5-18(16)25/h2-5,10-12,15,17,21H,6-9,13-14H2,1H3,(H,26,29). The number of aromatic nitrogens is 1. The first-order valence-electron chi connectivity index (χ1n) is 10.9. The number of nitrogens with one attached hydrogen (secondary N) is 1. The van der Waals surface area contributed by atoms with Crippen molar-refractivity contribution in [1.82, 2.24) is 14.8 Å². The lowest BCUT2D eigenvalue weighted by Gasteiger charge is -2.37. The SMILES string of the molecule is CC1CCC(NC(=O)C2Cn3c(cc4sccc43)C(=O)N2Cc2ccccc2F)CC1. The normalized spacial score (nSPS) is 23.7. The number of carbonyl (C=O) groups excluding carboxylic acids is 2. The number of nitrogens with zero attached hydrogens (tertiary/aromatic N) is 2. The van der Waals surface area contributed by atoms with Crippen molar-refractivity contribution in [3.8, 4) is 0 Å². The van der Waals surface area contributed by atoms with Crippen LogP contribution >= 0.6 is 11.3 Å². The number of hydrogen-bond donors (Lipinski definition) is 1. The average molecular weight is 440 g/mol. The first kappa shape index (κ1) is 20.2. The fraction of sp³-hybridized carbons (Fsp3) is 0.417. The lowest BCUT2D eigenvalue weighted by Crippen LogP contribution is -2.56. The van der Waals surface area contributed by atoms with Gasteiger partial charge in [0.1, 0.15) is 17.6 Å². The zero-order valence-electron chi connectivity index (χ0n) is 17.5. The van der Waals surface area contributed by atoms with Crippen molar-refractivity contribution in [3.05, 3.63) is 58.9 Å². The smallest absolute Gasteiger partial charge is 0.271 e. The van der Waals surface area contributed by atoms with Crippen LogP contribution in [0.4, 0.5) is 4.39 Å². The summed E-state index contributed by atoms with van der Waals surface area (Å²) in [5.41, 5.74) is 1.96. The minimum Gasteiger partial charge on any atom is -0.352 e.